The lowest BCUT2D eigenvalue weighted by atomic mass is 10.0. The summed E-state index contributed by atoms with van der Waals surface area (Å²) in [6, 6.07) is 3.80. The highest BCUT2D eigenvalue weighted by Gasteiger charge is 2.42. The number of benzene rings is 1. The molecule has 1 aromatic carbocycles. The Labute approximate surface area is 96.5 Å². The van der Waals surface area contributed by atoms with Gasteiger partial charge in [0.15, 0.2) is 0 Å². The largest absolute Gasteiger partial charge is 0.495 e. The van der Waals surface area contributed by atoms with Crippen LogP contribution >= 0.6 is 27.5 Å². The van der Waals surface area contributed by atoms with Gasteiger partial charge in [-0.15, -0.1) is 0 Å². The summed E-state index contributed by atoms with van der Waals surface area (Å²) in [5.41, 5.74) is 6.90. The first-order chi connectivity index (χ1) is 6.57. The van der Waals surface area contributed by atoms with E-state index in [2.05, 4.69) is 15.9 Å². The summed E-state index contributed by atoms with van der Waals surface area (Å²) < 4.78 is 6.20. The second-order valence-electron chi connectivity index (χ2n) is 3.62. The summed E-state index contributed by atoms with van der Waals surface area (Å²) in [4.78, 5) is 0. The van der Waals surface area contributed by atoms with Crippen molar-refractivity contribution in [3.05, 3.63) is 27.2 Å². The standard InChI is InChI=1S/C10H11BrClNO/c1-14-9-7(10(13)2-3-10)4-6(11)5-8(9)12/h4-5H,2-3,13H2,1H3. The van der Waals surface area contributed by atoms with E-state index in [1.54, 1.807) is 7.11 Å². The zero-order chi connectivity index (χ0) is 10.3. The van der Waals surface area contributed by atoms with E-state index in [1.807, 2.05) is 12.1 Å². The maximum atomic E-state index is 6.12. The summed E-state index contributed by atoms with van der Waals surface area (Å²) >= 11 is 9.46. The molecule has 0 aliphatic heterocycles. The Hall–Kier alpha value is -0.250. The molecule has 0 saturated heterocycles. The van der Waals surface area contributed by atoms with Gasteiger partial charge in [0.05, 0.1) is 12.1 Å². The average Bonchev–Trinajstić information content (AvgIpc) is 2.84. The molecule has 2 rings (SSSR count). The molecule has 4 heteroatoms. The first kappa shape index (κ1) is 10.3. The maximum Gasteiger partial charge on any atom is 0.142 e. The van der Waals surface area contributed by atoms with Crippen LogP contribution in [0.5, 0.6) is 5.75 Å². The van der Waals surface area contributed by atoms with Crippen molar-refractivity contribution in [2.24, 2.45) is 5.73 Å². The van der Waals surface area contributed by atoms with Gasteiger partial charge in [-0.25, -0.2) is 0 Å². The van der Waals surface area contributed by atoms with Crippen molar-refractivity contribution >= 4 is 27.5 Å². The lowest BCUT2D eigenvalue weighted by molar-refractivity contribution is 0.404. The van der Waals surface area contributed by atoms with Gasteiger partial charge in [-0.05, 0) is 25.0 Å². The van der Waals surface area contributed by atoms with Crippen LogP contribution in [0, 0.1) is 0 Å². The third-order valence-electron chi connectivity index (χ3n) is 2.54. The topological polar surface area (TPSA) is 35.2 Å². The molecule has 2 nitrogen and oxygen atoms in total. The Bertz CT molecular complexity index is 377. The monoisotopic (exact) mass is 275 g/mol. The normalized spacial score (nSPS) is 18.0. The van der Waals surface area contributed by atoms with E-state index in [4.69, 9.17) is 22.1 Å². The molecule has 0 bridgehead atoms. The zero-order valence-electron chi connectivity index (χ0n) is 7.81. The van der Waals surface area contributed by atoms with Crippen LogP contribution in [0.3, 0.4) is 0 Å². The van der Waals surface area contributed by atoms with Crippen LogP contribution in [-0.4, -0.2) is 7.11 Å². The molecule has 0 spiro atoms. The molecule has 0 amide bonds. The number of halogens is 2. The van der Waals surface area contributed by atoms with E-state index in [-0.39, 0.29) is 5.54 Å². The number of nitrogens with two attached hydrogens (primary N) is 1. The van der Waals surface area contributed by atoms with Crippen LogP contribution in [0.15, 0.2) is 16.6 Å². The molecular weight excluding hydrogens is 265 g/mol. The molecule has 2 N–H and O–H groups in total. The van der Waals surface area contributed by atoms with Crippen molar-refractivity contribution in [1.29, 1.82) is 0 Å². The first-order valence-corrected chi connectivity index (χ1v) is 5.56. The van der Waals surface area contributed by atoms with Crippen LogP contribution in [0.1, 0.15) is 18.4 Å². The van der Waals surface area contributed by atoms with Crippen LogP contribution in [0.2, 0.25) is 5.02 Å². The lowest BCUT2D eigenvalue weighted by Gasteiger charge is -2.15. The van der Waals surface area contributed by atoms with Gasteiger partial charge in [0.25, 0.3) is 0 Å². The Morgan fingerprint density at radius 2 is 2.14 bits per heavy atom. The van der Waals surface area contributed by atoms with Crippen molar-refractivity contribution in [3.8, 4) is 5.75 Å². The minimum absolute atomic E-state index is 0.223. The molecule has 1 aliphatic rings. The number of ether oxygens (including phenoxy) is 1. The van der Waals surface area contributed by atoms with Gasteiger partial charge in [-0.1, -0.05) is 27.5 Å². The van der Waals surface area contributed by atoms with Gasteiger partial charge >= 0.3 is 0 Å². The quantitative estimate of drug-likeness (QED) is 0.901. The summed E-state index contributed by atoms with van der Waals surface area (Å²) in [6.45, 7) is 0. The van der Waals surface area contributed by atoms with Gasteiger partial charge in [-0.3, -0.25) is 0 Å². The van der Waals surface area contributed by atoms with E-state index in [9.17, 15) is 0 Å². The Kier molecular flexibility index (Phi) is 2.50. The van der Waals surface area contributed by atoms with Gasteiger partial charge in [0, 0.05) is 15.6 Å². The molecule has 1 saturated carbocycles. The highest BCUT2D eigenvalue weighted by atomic mass is 79.9. The molecule has 0 aromatic heterocycles. The van der Waals surface area contributed by atoms with E-state index in [1.165, 1.54) is 0 Å². The number of hydrogen-bond acceptors (Lipinski definition) is 2. The molecule has 76 valence electrons. The Balaban J connectivity index is 2.56. The fourth-order valence-electron chi connectivity index (χ4n) is 1.54. The predicted octanol–water partition coefficient (Wildman–Crippen LogP) is 3.06. The summed E-state index contributed by atoms with van der Waals surface area (Å²) in [5, 5.41) is 0.605. The second-order valence-corrected chi connectivity index (χ2v) is 4.95. The zero-order valence-corrected chi connectivity index (χ0v) is 10.2. The first-order valence-electron chi connectivity index (χ1n) is 4.39. The minimum atomic E-state index is -0.223. The fraction of sp³-hybridized carbons (Fsp3) is 0.400. The second kappa shape index (κ2) is 3.40. The van der Waals surface area contributed by atoms with Gasteiger partial charge < -0.3 is 10.5 Å². The van der Waals surface area contributed by atoms with E-state index < -0.39 is 0 Å². The van der Waals surface area contributed by atoms with E-state index in [0.717, 1.165) is 22.9 Å². The van der Waals surface area contributed by atoms with Crippen LogP contribution in [-0.2, 0) is 5.54 Å². The number of hydrogen-bond donors (Lipinski definition) is 1. The van der Waals surface area contributed by atoms with E-state index >= 15 is 0 Å². The van der Waals surface area contributed by atoms with Gasteiger partial charge in [0.1, 0.15) is 5.75 Å². The predicted molar refractivity (Wildman–Crippen MR) is 60.8 cm³/mol. The van der Waals surface area contributed by atoms with Crippen molar-refractivity contribution in [2.75, 3.05) is 7.11 Å². The molecule has 0 atom stereocenters. The Morgan fingerprint density at radius 3 is 2.64 bits per heavy atom. The van der Waals surface area contributed by atoms with Crippen molar-refractivity contribution in [2.45, 2.75) is 18.4 Å². The van der Waals surface area contributed by atoms with Gasteiger partial charge in [0.2, 0.25) is 0 Å². The third kappa shape index (κ3) is 1.64. The smallest absolute Gasteiger partial charge is 0.142 e. The molecule has 1 fully saturated rings. The summed E-state index contributed by atoms with van der Waals surface area (Å²) in [5.74, 6) is 0.704. The lowest BCUT2D eigenvalue weighted by Crippen LogP contribution is -2.19. The van der Waals surface area contributed by atoms with E-state index in [0.29, 0.717) is 10.8 Å². The molecular formula is C10H11BrClNO. The van der Waals surface area contributed by atoms with Gasteiger partial charge in [-0.2, -0.15) is 0 Å². The fourth-order valence-corrected chi connectivity index (χ4v) is 2.43. The number of methoxy groups -OCH3 is 1. The van der Waals surface area contributed by atoms with Crippen LogP contribution in [0.4, 0.5) is 0 Å². The van der Waals surface area contributed by atoms with Crippen molar-refractivity contribution in [1.82, 2.24) is 0 Å². The highest BCUT2D eigenvalue weighted by Crippen LogP contribution is 2.49. The number of rotatable bonds is 2. The summed E-state index contributed by atoms with van der Waals surface area (Å²) in [6.07, 6.45) is 1.99. The molecule has 0 unspecified atom stereocenters. The average molecular weight is 277 g/mol. The molecule has 1 aromatic rings. The minimum Gasteiger partial charge on any atom is -0.495 e. The SMILES string of the molecule is COc1c(Cl)cc(Br)cc1C1(N)CC1. The maximum absolute atomic E-state index is 6.12. The molecule has 1 aliphatic carbocycles. The highest BCUT2D eigenvalue weighted by molar-refractivity contribution is 9.10. The van der Waals surface area contributed by atoms with Crippen molar-refractivity contribution in [3.63, 3.8) is 0 Å². The third-order valence-corrected chi connectivity index (χ3v) is 3.28. The van der Waals surface area contributed by atoms with Crippen LogP contribution in [0.25, 0.3) is 0 Å². The molecule has 0 radical (unpaired) electrons. The Morgan fingerprint density at radius 1 is 1.50 bits per heavy atom. The van der Waals surface area contributed by atoms with Crippen molar-refractivity contribution < 1.29 is 4.74 Å². The van der Waals surface area contributed by atoms with Crippen LogP contribution < -0.4 is 10.5 Å². The summed E-state index contributed by atoms with van der Waals surface area (Å²) in [7, 11) is 1.62. The molecule has 14 heavy (non-hydrogen) atoms. The molecule has 0 heterocycles.